The number of nitriles is 1. The minimum atomic E-state index is 0.280. The Balaban J connectivity index is 2.49. The molecule has 0 N–H and O–H groups in total. The zero-order valence-corrected chi connectivity index (χ0v) is 9.53. The third-order valence-electron chi connectivity index (χ3n) is 2.06. The summed E-state index contributed by atoms with van der Waals surface area (Å²) < 4.78 is 5.11. The van der Waals surface area contributed by atoms with Gasteiger partial charge in [-0.1, -0.05) is 25.9 Å². The highest BCUT2D eigenvalue weighted by Crippen LogP contribution is 2.11. The van der Waals surface area contributed by atoms with E-state index in [0.717, 1.165) is 12.2 Å². The normalized spacial score (nSPS) is 12.7. The lowest BCUT2D eigenvalue weighted by atomic mass is 10.1. The van der Waals surface area contributed by atoms with E-state index in [4.69, 9.17) is 9.78 Å². The first kappa shape index (κ1) is 11.7. The van der Waals surface area contributed by atoms with Crippen LogP contribution in [0.4, 0.5) is 0 Å². The highest BCUT2D eigenvalue weighted by molar-refractivity contribution is 4.89. The van der Waals surface area contributed by atoms with E-state index in [1.807, 2.05) is 6.92 Å². The molecule has 1 heterocycles. The minimum absolute atomic E-state index is 0.280. The van der Waals surface area contributed by atoms with Crippen LogP contribution in [0, 0.1) is 23.2 Å². The van der Waals surface area contributed by atoms with E-state index < -0.39 is 0 Å². The molecule has 0 saturated heterocycles. The smallest absolute Gasteiger partial charge is 0.226 e. The summed E-state index contributed by atoms with van der Waals surface area (Å²) in [5.41, 5.74) is 0. The zero-order chi connectivity index (χ0) is 11.3. The average molecular weight is 207 g/mol. The van der Waals surface area contributed by atoms with E-state index in [-0.39, 0.29) is 5.92 Å². The molecule has 0 fully saturated rings. The number of rotatable bonds is 5. The van der Waals surface area contributed by atoms with E-state index in [0.29, 0.717) is 24.7 Å². The maximum atomic E-state index is 8.52. The number of hydrogen-bond donors (Lipinski definition) is 0. The predicted molar refractivity (Wildman–Crippen MR) is 55.9 cm³/mol. The molecule has 0 radical (unpaired) electrons. The van der Waals surface area contributed by atoms with Crippen LogP contribution >= 0.6 is 0 Å². The fourth-order valence-corrected chi connectivity index (χ4v) is 1.35. The molecular weight excluding hydrogens is 190 g/mol. The Hall–Kier alpha value is -1.37. The van der Waals surface area contributed by atoms with Crippen molar-refractivity contribution in [3.63, 3.8) is 0 Å². The molecule has 1 atom stereocenters. The van der Waals surface area contributed by atoms with E-state index in [1.54, 1.807) is 0 Å². The van der Waals surface area contributed by atoms with Crippen molar-refractivity contribution < 1.29 is 4.52 Å². The van der Waals surface area contributed by atoms with Crippen LogP contribution in [0.2, 0.25) is 0 Å². The lowest BCUT2D eigenvalue weighted by Crippen LogP contribution is -2.00. The second-order valence-electron chi connectivity index (χ2n) is 4.37. The van der Waals surface area contributed by atoms with Crippen LogP contribution in [-0.2, 0) is 12.8 Å². The Morgan fingerprint density at radius 3 is 2.67 bits per heavy atom. The second kappa shape index (κ2) is 5.50. The van der Waals surface area contributed by atoms with E-state index >= 15 is 0 Å². The molecule has 0 amide bonds. The Morgan fingerprint density at radius 1 is 1.33 bits per heavy atom. The van der Waals surface area contributed by atoms with Gasteiger partial charge in [0, 0.05) is 19.3 Å². The van der Waals surface area contributed by atoms with Crippen LogP contribution in [-0.4, -0.2) is 10.1 Å². The van der Waals surface area contributed by atoms with Crippen molar-refractivity contribution in [2.24, 2.45) is 11.8 Å². The molecule has 1 rings (SSSR count). The first-order valence-electron chi connectivity index (χ1n) is 5.30. The van der Waals surface area contributed by atoms with Gasteiger partial charge in [0.1, 0.15) is 0 Å². The molecule has 0 aliphatic carbocycles. The van der Waals surface area contributed by atoms with Gasteiger partial charge < -0.3 is 4.52 Å². The quantitative estimate of drug-likeness (QED) is 0.743. The van der Waals surface area contributed by atoms with E-state index in [9.17, 15) is 0 Å². The van der Waals surface area contributed by atoms with Crippen LogP contribution in [0.3, 0.4) is 0 Å². The van der Waals surface area contributed by atoms with Crippen LogP contribution < -0.4 is 0 Å². The number of hydrogen-bond acceptors (Lipinski definition) is 4. The number of nitrogens with zero attached hydrogens (tertiary/aromatic N) is 3. The van der Waals surface area contributed by atoms with Gasteiger partial charge in [0.25, 0.3) is 0 Å². The van der Waals surface area contributed by atoms with Crippen molar-refractivity contribution in [1.29, 1.82) is 5.26 Å². The summed E-state index contributed by atoms with van der Waals surface area (Å²) in [5, 5.41) is 12.4. The van der Waals surface area contributed by atoms with Gasteiger partial charge in [0.2, 0.25) is 5.89 Å². The molecular formula is C11H17N3O. The van der Waals surface area contributed by atoms with Crippen molar-refractivity contribution >= 4 is 0 Å². The summed E-state index contributed by atoms with van der Waals surface area (Å²) >= 11 is 0. The second-order valence-corrected chi connectivity index (χ2v) is 4.37. The molecule has 1 aromatic heterocycles. The average Bonchev–Trinajstić information content (AvgIpc) is 2.51. The maximum absolute atomic E-state index is 8.52. The third-order valence-corrected chi connectivity index (χ3v) is 2.06. The largest absolute Gasteiger partial charge is 0.339 e. The summed E-state index contributed by atoms with van der Waals surface area (Å²) in [6.07, 6.45) is 2.07. The Kier molecular flexibility index (Phi) is 4.29. The van der Waals surface area contributed by atoms with Crippen LogP contribution in [0.15, 0.2) is 4.52 Å². The molecule has 4 nitrogen and oxygen atoms in total. The summed E-state index contributed by atoms with van der Waals surface area (Å²) in [4.78, 5) is 4.29. The fraction of sp³-hybridized carbons (Fsp3) is 0.727. The minimum Gasteiger partial charge on any atom is -0.339 e. The van der Waals surface area contributed by atoms with Crippen molar-refractivity contribution in [2.75, 3.05) is 0 Å². The lowest BCUT2D eigenvalue weighted by molar-refractivity contribution is 0.353. The summed E-state index contributed by atoms with van der Waals surface area (Å²) in [5.74, 6) is 2.23. The molecule has 82 valence electrons. The molecule has 15 heavy (non-hydrogen) atoms. The maximum Gasteiger partial charge on any atom is 0.226 e. The van der Waals surface area contributed by atoms with Gasteiger partial charge in [-0.2, -0.15) is 10.2 Å². The highest BCUT2D eigenvalue weighted by Gasteiger charge is 2.11. The molecule has 1 aromatic rings. The molecule has 4 heteroatoms. The first-order valence-corrected chi connectivity index (χ1v) is 5.30. The van der Waals surface area contributed by atoms with Gasteiger partial charge >= 0.3 is 0 Å². The SMILES string of the molecule is CC(C)Cc1noc(CC(C)CC#N)n1. The van der Waals surface area contributed by atoms with Gasteiger partial charge in [0.05, 0.1) is 6.07 Å². The first-order chi connectivity index (χ1) is 7.11. The number of aromatic nitrogens is 2. The summed E-state index contributed by atoms with van der Waals surface area (Å²) in [7, 11) is 0. The van der Waals surface area contributed by atoms with Crippen molar-refractivity contribution in [2.45, 2.75) is 40.0 Å². The van der Waals surface area contributed by atoms with Gasteiger partial charge in [-0.15, -0.1) is 0 Å². The van der Waals surface area contributed by atoms with E-state index in [2.05, 4.69) is 30.1 Å². The molecule has 0 bridgehead atoms. The Morgan fingerprint density at radius 2 is 2.07 bits per heavy atom. The summed E-state index contributed by atoms with van der Waals surface area (Å²) in [6.45, 7) is 6.25. The van der Waals surface area contributed by atoms with Gasteiger partial charge in [-0.05, 0) is 11.8 Å². The van der Waals surface area contributed by atoms with Crippen molar-refractivity contribution in [1.82, 2.24) is 10.1 Å². The monoisotopic (exact) mass is 207 g/mol. The fourth-order valence-electron chi connectivity index (χ4n) is 1.35. The molecule has 0 aromatic carbocycles. The lowest BCUT2D eigenvalue weighted by Gasteiger charge is -2.00. The van der Waals surface area contributed by atoms with Crippen LogP contribution in [0.25, 0.3) is 0 Å². The van der Waals surface area contributed by atoms with Gasteiger partial charge in [-0.3, -0.25) is 0 Å². The van der Waals surface area contributed by atoms with Gasteiger partial charge in [0.15, 0.2) is 5.82 Å². The zero-order valence-electron chi connectivity index (χ0n) is 9.53. The predicted octanol–water partition coefficient (Wildman–Crippen LogP) is 2.36. The molecule has 0 aliphatic rings. The third kappa shape index (κ3) is 4.11. The highest BCUT2D eigenvalue weighted by atomic mass is 16.5. The van der Waals surface area contributed by atoms with Crippen LogP contribution in [0.5, 0.6) is 0 Å². The Bertz CT molecular complexity index is 338. The standard InChI is InChI=1S/C11H17N3O/c1-8(2)6-10-13-11(15-14-10)7-9(3)4-5-12/h8-9H,4,6-7H2,1-3H3. The van der Waals surface area contributed by atoms with Crippen LogP contribution in [0.1, 0.15) is 38.9 Å². The van der Waals surface area contributed by atoms with Crippen molar-refractivity contribution in [3.8, 4) is 6.07 Å². The molecule has 0 saturated carbocycles. The topological polar surface area (TPSA) is 62.7 Å². The van der Waals surface area contributed by atoms with Crippen molar-refractivity contribution in [3.05, 3.63) is 11.7 Å². The van der Waals surface area contributed by atoms with Gasteiger partial charge in [-0.25, -0.2) is 0 Å². The summed E-state index contributed by atoms with van der Waals surface area (Å²) in [6, 6.07) is 2.14. The van der Waals surface area contributed by atoms with E-state index in [1.165, 1.54) is 0 Å². The Labute approximate surface area is 90.3 Å². The molecule has 0 aliphatic heterocycles. The molecule has 0 spiro atoms. The molecule has 1 unspecified atom stereocenters.